The van der Waals surface area contributed by atoms with Crippen LogP contribution in [0.3, 0.4) is 0 Å². The van der Waals surface area contributed by atoms with Gasteiger partial charge in [0.25, 0.3) is 10.0 Å². The molecule has 0 spiro atoms. The third kappa shape index (κ3) is 2.15. The molecule has 3 aliphatic rings. The van der Waals surface area contributed by atoms with Gasteiger partial charge < -0.3 is 9.64 Å². The molecule has 0 aliphatic carbocycles. The Bertz CT molecular complexity index is 806. The summed E-state index contributed by atoms with van der Waals surface area (Å²) >= 11 is 0. The predicted molar refractivity (Wildman–Crippen MR) is 80.7 cm³/mol. The molecule has 0 N–H and O–H groups in total. The highest BCUT2D eigenvalue weighted by Gasteiger charge is 2.27. The Morgan fingerprint density at radius 2 is 2.19 bits per heavy atom. The lowest BCUT2D eigenvalue weighted by atomic mass is 9.99. The lowest BCUT2D eigenvalue weighted by molar-refractivity contribution is 0.357. The molecule has 0 radical (unpaired) electrons. The van der Waals surface area contributed by atoms with Crippen molar-refractivity contribution < 1.29 is 13.2 Å². The number of nitrogens with zero attached hydrogens (tertiary/aromatic N) is 2. The van der Waals surface area contributed by atoms with Gasteiger partial charge in [0.05, 0.1) is 12.4 Å². The quantitative estimate of drug-likeness (QED) is 0.790. The number of ether oxygens (including phenoxy) is 1. The van der Waals surface area contributed by atoms with Crippen LogP contribution in [0.2, 0.25) is 0 Å². The Balaban J connectivity index is 1.82. The first-order valence-electron chi connectivity index (χ1n) is 6.87. The van der Waals surface area contributed by atoms with Gasteiger partial charge in [-0.1, -0.05) is 6.07 Å². The second-order valence-corrected chi connectivity index (χ2v) is 6.99. The number of fused-ring (bicyclic) bond motifs is 2. The van der Waals surface area contributed by atoms with Crippen LogP contribution in [0.5, 0.6) is 5.75 Å². The molecule has 3 heterocycles. The monoisotopic (exact) mass is 302 g/mol. The summed E-state index contributed by atoms with van der Waals surface area (Å²) in [5.41, 5.74) is 2.98. The van der Waals surface area contributed by atoms with Gasteiger partial charge in [0.15, 0.2) is 5.84 Å². The van der Waals surface area contributed by atoms with Gasteiger partial charge in [-0.3, -0.25) is 0 Å². The van der Waals surface area contributed by atoms with Gasteiger partial charge in [0.1, 0.15) is 5.75 Å². The van der Waals surface area contributed by atoms with Crippen molar-refractivity contribution in [2.45, 2.75) is 6.42 Å². The first-order valence-corrected chi connectivity index (χ1v) is 8.48. The van der Waals surface area contributed by atoms with E-state index in [-0.39, 0.29) is 5.75 Å². The van der Waals surface area contributed by atoms with Gasteiger partial charge in [-0.05, 0) is 35.4 Å². The number of hydrogen-bond acceptors (Lipinski definition) is 4. The fourth-order valence-electron chi connectivity index (χ4n) is 2.80. The molecule has 0 aromatic heterocycles. The van der Waals surface area contributed by atoms with Gasteiger partial charge in [-0.2, -0.15) is 0 Å². The minimum Gasteiger partial charge on any atom is -0.493 e. The molecule has 0 saturated heterocycles. The maximum absolute atomic E-state index is 11.8. The molecule has 0 atom stereocenters. The summed E-state index contributed by atoms with van der Waals surface area (Å²) in [6, 6.07) is 5.96. The van der Waals surface area contributed by atoms with Crippen molar-refractivity contribution in [3.8, 4) is 5.75 Å². The van der Waals surface area contributed by atoms with E-state index in [9.17, 15) is 8.42 Å². The summed E-state index contributed by atoms with van der Waals surface area (Å²) in [6.07, 6.45) is 6.60. The van der Waals surface area contributed by atoms with Crippen molar-refractivity contribution >= 4 is 21.4 Å². The highest BCUT2D eigenvalue weighted by atomic mass is 32.2. The molecule has 3 aliphatic heterocycles. The van der Waals surface area contributed by atoms with Gasteiger partial charge in [-0.15, -0.1) is 4.40 Å². The molecule has 4 rings (SSSR count). The van der Waals surface area contributed by atoms with E-state index in [1.54, 1.807) is 0 Å². The van der Waals surface area contributed by atoms with Gasteiger partial charge >= 0.3 is 0 Å². The van der Waals surface area contributed by atoms with E-state index in [1.165, 1.54) is 0 Å². The van der Waals surface area contributed by atoms with E-state index >= 15 is 0 Å². The van der Waals surface area contributed by atoms with E-state index in [0.29, 0.717) is 19.0 Å². The van der Waals surface area contributed by atoms with Gasteiger partial charge in [-0.25, -0.2) is 8.42 Å². The molecular formula is C15H14N2O3S. The first-order chi connectivity index (χ1) is 10.1. The summed E-state index contributed by atoms with van der Waals surface area (Å²) in [5.74, 6) is 1.50. The molecule has 21 heavy (non-hydrogen) atoms. The molecule has 0 fully saturated rings. The number of rotatable bonds is 1. The molecule has 108 valence electrons. The molecule has 1 aromatic rings. The van der Waals surface area contributed by atoms with Crippen LogP contribution in [0.4, 0.5) is 0 Å². The summed E-state index contributed by atoms with van der Waals surface area (Å²) in [6.45, 7) is 1.16. The number of hydrogen-bond donors (Lipinski definition) is 0. The SMILES string of the molecule is O=S1(=O)CCN2C=CC=C(c3ccc4c(c3)CCO4)C2=N1. The molecular weight excluding hydrogens is 288 g/mol. The molecule has 0 unspecified atom stereocenters. The highest BCUT2D eigenvalue weighted by molar-refractivity contribution is 7.90. The summed E-state index contributed by atoms with van der Waals surface area (Å²) in [4.78, 5) is 1.89. The fraction of sp³-hybridized carbons (Fsp3) is 0.267. The number of amidine groups is 1. The molecule has 0 amide bonds. The third-order valence-electron chi connectivity index (χ3n) is 3.86. The van der Waals surface area contributed by atoms with Crippen molar-refractivity contribution in [2.24, 2.45) is 4.40 Å². The van der Waals surface area contributed by atoms with Crippen LogP contribution >= 0.6 is 0 Å². The van der Waals surface area contributed by atoms with Gasteiger partial charge in [0.2, 0.25) is 0 Å². The largest absolute Gasteiger partial charge is 0.493 e. The second kappa shape index (κ2) is 4.46. The maximum atomic E-state index is 11.8. The van der Waals surface area contributed by atoms with Crippen molar-refractivity contribution in [1.29, 1.82) is 0 Å². The van der Waals surface area contributed by atoms with Crippen LogP contribution in [0.25, 0.3) is 5.57 Å². The van der Waals surface area contributed by atoms with Crippen LogP contribution in [0.15, 0.2) is 40.9 Å². The number of allylic oxidation sites excluding steroid dienone is 2. The highest BCUT2D eigenvalue weighted by Crippen LogP contribution is 2.31. The van der Waals surface area contributed by atoms with Crippen molar-refractivity contribution in [3.05, 3.63) is 47.7 Å². The van der Waals surface area contributed by atoms with E-state index in [4.69, 9.17) is 4.74 Å². The molecule has 5 nitrogen and oxygen atoms in total. The van der Waals surface area contributed by atoms with Crippen LogP contribution in [-0.4, -0.2) is 38.1 Å². The lowest BCUT2D eigenvalue weighted by Crippen LogP contribution is -2.37. The number of sulfonamides is 1. The van der Waals surface area contributed by atoms with Crippen molar-refractivity contribution in [3.63, 3.8) is 0 Å². The Morgan fingerprint density at radius 1 is 1.29 bits per heavy atom. The topological polar surface area (TPSA) is 59.0 Å². The first kappa shape index (κ1) is 12.6. The maximum Gasteiger partial charge on any atom is 0.256 e. The van der Waals surface area contributed by atoms with Gasteiger partial charge in [0, 0.05) is 24.7 Å². The fourth-order valence-corrected chi connectivity index (χ4v) is 3.78. The average Bonchev–Trinajstić information content (AvgIpc) is 2.93. The van der Waals surface area contributed by atoms with E-state index in [2.05, 4.69) is 10.5 Å². The van der Waals surface area contributed by atoms with Crippen LogP contribution in [0.1, 0.15) is 11.1 Å². The van der Waals surface area contributed by atoms with Crippen molar-refractivity contribution in [1.82, 2.24) is 4.90 Å². The zero-order valence-electron chi connectivity index (χ0n) is 11.3. The van der Waals surface area contributed by atoms with E-state index < -0.39 is 10.0 Å². The summed E-state index contributed by atoms with van der Waals surface area (Å²) in [7, 11) is -3.36. The Kier molecular flexibility index (Phi) is 2.68. The zero-order chi connectivity index (χ0) is 14.4. The summed E-state index contributed by atoms with van der Waals surface area (Å²) in [5, 5.41) is 0. The smallest absolute Gasteiger partial charge is 0.256 e. The second-order valence-electron chi connectivity index (χ2n) is 5.24. The molecule has 0 saturated carbocycles. The van der Waals surface area contributed by atoms with E-state index in [0.717, 1.165) is 28.9 Å². The van der Waals surface area contributed by atoms with Crippen molar-refractivity contribution in [2.75, 3.05) is 18.9 Å². The predicted octanol–water partition coefficient (Wildman–Crippen LogP) is 1.58. The lowest BCUT2D eigenvalue weighted by Gasteiger charge is -2.29. The molecule has 6 heteroatoms. The summed E-state index contributed by atoms with van der Waals surface area (Å²) < 4.78 is 33.0. The molecule has 1 aromatic carbocycles. The zero-order valence-corrected chi connectivity index (χ0v) is 12.1. The minimum atomic E-state index is -3.36. The van der Waals surface area contributed by atoms with Crippen LogP contribution < -0.4 is 4.74 Å². The van der Waals surface area contributed by atoms with Crippen LogP contribution in [0, 0.1) is 0 Å². The average molecular weight is 302 g/mol. The van der Waals surface area contributed by atoms with Crippen LogP contribution in [-0.2, 0) is 16.4 Å². The minimum absolute atomic E-state index is 0.0617. The normalized spacial score (nSPS) is 22.0. The Labute approximate surface area is 123 Å². The Hall–Kier alpha value is -2.08. The Morgan fingerprint density at radius 3 is 3.10 bits per heavy atom. The third-order valence-corrected chi connectivity index (χ3v) is 5.01. The standard InChI is InChI=1S/C15H14N2O3S/c18-21(19)9-7-17-6-1-2-13(15(17)16-21)11-3-4-14-12(10-11)5-8-20-14/h1-4,6,10H,5,7-9H2. The van der Waals surface area contributed by atoms with E-state index in [1.807, 2.05) is 35.4 Å². The number of benzene rings is 1. The molecule has 0 bridgehead atoms.